The molecule has 0 aliphatic heterocycles. The topological polar surface area (TPSA) is 79.0 Å². The van der Waals surface area contributed by atoms with Gasteiger partial charge in [0, 0.05) is 17.1 Å². The monoisotopic (exact) mass is 440 g/mol. The molecule has 0 radical (unpaired) electrons. The van der Waals surface area contributed by atoms with Gasteiger partial charge in [-0.1, -0.05) is 47.0 Å². The number of urea groups is 1. The molecular formula is C22H18Cl2N4O2. The van der Waals surface area contributed by atoms with Crippen LogP contribution in [0.1, 0.15) is 11.1 Å². The second kappa shape index (κ2) is 8.65. The minimum atomic E-state index is -0.368. The molecule has 4 rings (SSSR count). The third kappa shape index (κ3) is 4.67. The summed E-state index contributed by atoms with van der Waals surface area (Å²) < 4.78 is 5.82. The molecule has 0 saturated carbocycles. The summed E-state index contributed by atoms with van der Waals surface area (Å²) in [5.74, 6) is 1.10. The SMILES string of the molecule is Cc1ccc(NC(=O)Nc2n[nH]c3cc(OCc4ccc(Cl)c(Cl)c4)ccc23)cc1. The normalized spacial score (nSPS) is 10.8. The number of ether oxygens (including phenoxy) is 1. The molecule has 0 unspecified atom stereocenters. The van der Waals surface area contributed by atoms with E-state index in [0.29, 0.717) is 33.9 Å². The van der Waals surface area contributed by atoms with Gasteiger partial charge in [0.05, 0.1) is 15.6 Å². The molecule has 3 aromatic carbocycles. The maximum atomic E-state index is 12.3. The van der Waals surface area contributed by atoms with Crippen molar-refractivity contribution >= 4 is 51.6 Å². The van der Waals surface area contributed by atoms with Crippen LogP contribution in [0.4, 0.5) is 16.3 Å². The lowest BCUT2D eigenvalue weighted by molar-refractivity contribution is 0.262. The quantitative estimate of drug-likeness (QED) is 0.335. The number of carbonyl (C=O) groups excluding carboxylic acids is 1. The lowest BCUT2D eigenvalue weighted by Crippen LogP contribution is -2.19. The van der Waals surface area contributed by atoms with Gasteiger partial charge in [-0.2, -0.15) is 5.10 Å². The van der Waals surface area contributed by atoms with Gasteiger partial charge in [0.1, 0.15) is 12.4 Å². The van der Waals surface area contributed by atoms with E-state index in [1.165, 1.54) is 0 Å². The lowest BCUT2D eigenvalue weighted by atomic mass is 10.2. The Kier molecular flexibility index (Phi) is 5.79. The number of hydrogen-bond acceptors (Lipinski definition) is 3. The highest BCUT2D eigenvalue weighted by molar-refractivity contribution is 6.42. The van der Waals surface area contributed by atoms with Crippen molar-refractivity contribution in [3.05, 3.63) is 81.8 Å². The first-order valence-corrected chi connectivity index (χ1v) is 9.93. The minimum absolute atomic E-state index is 0.348. The largest absolute Gasteiger partial charge is 0.489 e. The van der Waals surface area contributed by atoms with Crippen LogP contribution in [-0.4, -0.2) is 16.2 Å². The zero-order valence-corrected chi connectivity index (χ0v) is 17.5. The first-order valence-electron chi connectivity index (χ1n) is 9.17. The molecule has 0 saturated heterocycles. The number of benzene rings is 3. The highest BCUT2D eigenvalue weighted by atomic mass is 35.5. The van der Waals surface area contributed by atoms with Crippen molar-refractivity contribution in [3.8, 4) is 5.75 Å². The average Bonchev–Trinajstić information content (AvgIpc) is 3.12. The predicted octanol–water partition coefficient (Wildman–Crippen LogP) is 6.40. The molecule has 3 N–H and O–H groups in total. The Balaban J connectivity index is 1.42. The summed E-state index contributed by atoms with van der Waals surface area (Å²) in [5, 5.41) is 14.4. The van der Waals surface area contributed by atoms with Crippen molar-refractivity contribution in [2.75, 3.05) is 10.6 Å². The maximum Gasteiger partial charge on any atom is 0.324 e. The number of aromatic amines is 1. The second-order valence-corrected chi connectivity index (χ2v) is 7.58. The first-order chi connectivity index (χ1) is 14.5. The van der Waals surface area contributed by atoms with E-state index < -0.39 is 0 Å². The molecule has 0 spiro atoms. The van der Waals surface area contributed by atoms with Gasteiger partial charge in [-0.25, -0.2) is 4.79 Å². The third-order valence-corrected chi connectivity index (χ3v) is 5.20. The Morgan fingerprint density at radius 3 is 2.57 bits per heavy atom. The van der Waals surface area contributed by atoms with Gasteiger partial charge >= 0.3 is 6.03 Å². The van der Waals surface area contributed by atoms with Crippen LogP contribution in [0.25, 0.3) is 10.9 Å². The zero-order chi connectivity index (χ0) is 21.1. The van der Waals surface area contributed by atoms with Crippen LogP contribution in [0.5, 0.6) is 5.75 Å². The summed E-state index contributed by atoms with van der Waals surface area (Å²) in [6, 6.07) is 18.0. The van der Waals surface area contributed by atoms with E-state index in [1.54, 1.807) is 12.1 Å². The van der Waals surface area contributed by atoms with Crippen molar-refractivity contribution in [3.63, 3.8) is 0 Å². The van der Waals surface area contributed by atoms with Crippen LogP contribution >= 0.6 is 23.2 Å². The van der Waals surface area contributed by atoms with E-state index in [1.807, 2.05) is 55.5 Å². The summed E-state index contributed by atoms with van der Waals surface area (Å²) >= 11 is 12.0. The van der Waals surface area contributed by atoms with Gasteiger partial charge in [0.15, 0.2) is 5.82 Å². The summed E-state index contributed by atoms with van der Waals surface area (Å²) in [7, 11) is 0. The summed E-state index contributed by atoms with van der Waals surface area (Å²) in [5.41, 5.74) is 3.48. The fraction of sp³-hybridized carbons (Fsp3) is 0.0909. The third-order valence-electron chi connectivity index (χ3n) is 4.47. The van der Waals surface area contributed by atoms with Crippen molar-refractivity contribution in [1.29, 1.82) is 0 Å². The van der Waals surface area contributed by atoms with E-state index in [0.717, 1.165) is 22.0 Å². The zero-order valence-electron chi connectivity index (χ0n) is 16.0. The molecule has 30 heavy (non-hydrogen) atoms. The highest BCUT2D eigenvalue weighted by Gasteiger charge is 2.11. The molecule has 1 aromatic heterocycles. The van der Waals surface area contributed by atoms with E-state index in [4.69, 9.17) is 27.9 Å². The Hall–Kier alpha value is -3.22. The van der Waals surface area contributed by atoms with Gasteiger partial charge in [-0.3, -0.25) is 10.4 Å². The highest BCUT2D eigenvalue weighted by Crippen LogP contribution is 2.27. The van der Waals surface area contributed by atoms with Crippen LogP contribution in [0.3, 0.4) is 0 Å². The number of nitrogens with zero attached hydrogens (tertiary/aromatic N) is 1. The Morgan fingerprint density at radius 2 is 1.80 bits per heavy atom. The number of carbonyl (C=O) groups is 1. The molecule has 1 heterocycles. The molecule has 0 fully saturated rings. The number of aromatic nitrogens is 2. The number of rotatable bonds is 5. The number of anilines is 2. The van der Waals surface area contributed by atoms with Crippen molar-refractivity contribution in [2.24, 2.45) is 0 Å². The molecule has 0 bridgehead atoms. The van der Waals surface area contributed by atoms with Gasteiger partial charge < -0.3 is 10.1 Å². The van der Waals surface area contributed by atoms with E-state index in [9.17, 15) is 4.79 Å². The fourth-order valence-corrected chi connectivity index (χ4v) is 3.21. The van der Waals surface area contributed by atoms with Gasteiger partial charge in [0.2, 0.25) is 0 Å². The smallest absolute Gasteiger partial charge is 0.324 e. The van der Waals surface area contributed by atoms with Crippen LogP contribution in [0, 0.1) is 6.92 Å². The number of halogens is 2. The molecular weight excluding hydrogens is 423 g/mol. The Bertz CT molecular complexity index is 1210. The summed E-state index contributed by atoms with van der Waals surface area (Å²) in [6.45, 7) is 2.34. The first kappa shape index (κ1) is 20.1. The van der Waals surface area contributed by atoms with Gasteiger partial charge in [-0.15, -0.1) is 0 Å². The fourth-order valence-electron chi connectivity index (χ4n) is 2.89. The standard InChI is InChI=1S/C22H18Cl2N4O2/c1-13-2-5-15(6-3-13)25-22(29)26-21-17-8-7-16(11-20(17)27-28-21)30-12-14-4-9-18(23)19(24)10-14/h2-11H,12H2,1H3,(H3,25,26,27,28,29). The Labute approximate surface area is 183 Å². The number of amides is 2. The van der Waals surface area contributed by atoms with Crippen LogP contribution in [-0.2, 0) is 6.61 Å². The van der Waals surface area contributed by atoms with Crippen molar-refractivity contribution < 1.29 is 9.53 Å². The van der Waals surface area contributed by atoms with E-state index in [-0.39, 0.29) is 6.03 Å². The summed E-state index contributed by atoms with van der Waals surface area (Å²) in [6.07, 6.45) is 0. The van der Waals surface area contributed by atoms with Crippen LogP contribution in [0.15, 0.2) is 60.7 Å². The minimum Gasteiger partial charge on any atom is -0.489 e. The predicted molar refractivity (Wildman–Crippen MR) is 121 cm³/mol. The van der Waals surface area contributed by atoms with Gasteiger partial charge in [-0.05, 0) is 48.9 Å². The maximum absolute atomic E-state index is 12.3. The summed E-state index contributed by atoms with van der Waals surface area (Å²) in [4.78, 5) is 12.3. The molecule has 4 aromatic rings. The second-order valence-electron chi connectivity index (χ2n) is 6.76. The molecule has 0 aliphatic carbocycles. The van der Waals surface area contributed by atoms with Crippen molar-refractivity contribution in [2.45, 2.75) is 13.5 Å². The van der Waals surface area contributed by atoms with E-state index in [2.05, 4.69) is 20.8 Å². The van der Waals surface area contributed by atoms with Gasteiger partial charge in [0.25, 0.3) is 0 Å². The molecule has 0 atom stereocenters. The number of fused-ring (bicyclic) bond motifs is 1. The molecule has 2 amide bonds. The lowest BCUT2D eigenvalue weighted by Gasteiger charge is -2.08. The van der Waals surface area contributed by atoms with Crippen LogP contribution in [0.2, 0.25) is 10.0 Å². The Morgan fingerprint density at radius 1 is 1.00 bits per heavy atom. The average molecular weight is 441 g/mol. The molecule has 152 valence electrons. The van der Waals surface area contributed by atoms with Crippen LogP contribution < -0.4 is 15.4 Å². The number of nitrogens with one attached hydrogen (secondary N) is 3. The number of H-pyrrole nitrogens is 1. The van der Waals surface area contributed by atoms with Crippen molar-refractivity contribution in [1.82, 2.24) is 10.2 Å². The molecule has 6 nitrogen and oxygen atoms in total. The molecule has 0 aliphatic rings. The number of aryl methyl sites for hydroxylation is 1. The van der Waals surface area contributed by atoms with E-state index >= 15 is 0 Å². The number of hydrogen-bond donors (Lipinski definition) is 3. The molecule has 8 heteroatoms.